The minimum Gasteiger partial charge on any atom is -0.486 e. The minimum absolute atomic E-state index is 0.257. The summed E-state index contributed by atoms with van der Waals surface area (Å²) in [7, 11) is 0. The van der Waals surface area contributed by atoms with Gasteiger partial charge in [-0.25, -0.2) is 4.98 Å². The number of hydrogen-bond acceptors (Lipinski definition) is 7. The van der Waals surface area contributed by atoms with Crippen LogP contribution in [0.15, 0.2) is 47.1 Å². The number of amides is 1. The molecule has 178 valence electrons. The Morgan fingerprint density at radius 3 is 2.47 bits per heavy atom. The summed E-state index contributed by atoms with van der Waals surface area (Å²) < 4.78 is 16.9. The first kappa shape index (κ1) is 22.4. The molecule has 0 bridgehead atoms. The van der Waals surface area contributed by atoms with Gasteiger partial charge in [0.1, 0.15) is 19.5 Å². The molecule has 2 aliphatic heterocycles. The molecule has 8 nitrogen and oxygen atoms in total. The van der Waals surface area contributed by atoms with Crippen molar-refractivity contribution in [3.63, 3.8) is 0 Å². The van der Waals surface area contributed by atoms with Gasteiger partial charge in [-0.15, -0.1) is 0 Å². The van der Waals surface area contributed by atoms with Crippen LogP contribution >= 0.6 is 0 Å². The third-order valence-corrected chi connectivity index (χ3v) is 6.26. The van der Waals surface area contributed by atoms with Crippen LogP contribution in [0.25, 0.3) is 0 Å². The molecule has 1 fully saturated rings. The third-order valence-electron chi connectivity index (χ3n) is 6.26. The van der Waals surface area contributed by atoms with Gasteiger partial charge in [0.2, 0.25) is 5.89 Å². The van der Waals surface area contributed by atoms with E-state index in [2.05, 4.69) is 32.2 Å². The fraction of sp³-hybridized carbons (Fsp3) is 0.385. The summed E-state index contributed by atoms with van der Waals surface area (Å²) in [5.74, 6) is 1.97. The van der Waals surface area contributed by atoms with Gasteiger partial charge in [0.15, 0.2) is 17.2 Å². The molecule has 2 aromatic carbocycles. The molecule has 3 heterocycles. The van der Waals surface area contributed by atoms with Gasteiger partial charge in [0.05, 0.1) is 6.54 Å². The van der Waals surface area contributed by atoms with Crippen molar-refractivity contribution < 1.29 is 18.7 Å². The first-order valence-corrected chi connectivity index (χ1v) is 11.7. The molecule has 0 aliphatic carbocycles. The fourth-order valence-corrected chi connectivity index (χ4v) is 4.29. The lowest BCUT2D eigenvalue weighted by Crippen LogP contribution is -2.45. The highest BCUT2D eigenvalue weighted by atomic mass is 16.6. The lowest BCUT2D eigenvalue weighted by atomic mass is 10.1. The van der Waals surface area contributed by atoms with Gasteiger partial charge in [-0.2, -0.15) is 0 Å². The lowest BCUT2D eigenvalue weighted by molar-refractivity contribution is 0.102. The van der Waals surface area contributed by atoms with Crippen LogP contribution in [0.3, 0.4) is 0 Å². The van der Waals surface area contributed by atoms with Crippen molar-refractivity contribution in [2.24, 2.45) is 0 Å². The van der Waals surface area contributed by atoms with Crippen molar-refractivity contribution in [2.75, 3.05) is 44.7 Å². The van der Waals surface area contributed by atoms with Crippen LogP contribution in [0.1, 0.15) is 33.1 Å². The number of nitrogens with zero attached hydrogens (tertiary/aromatic N) is 3. The van der Waals surface area contributed by atoms with E-state index in [0.29, 0.717) is 31.3 Å². The lowest BCUT2D eigenvalue weighted by Gasteiger charge is -2.34. The van der Waals surface area contributed by atoms with Crippen LogP contribution in [0.5, 0.6) is 11.5 Å². The molecule has 0 unspecified atom stereocenters. The maximum atomic E-state index is 12.6. The number of rotatable bonds is 6. The number of benzene rings is 2. The van der Waals surface area contributed by atoms with E-state index in [9.17, 15) is 4.79 Å². The Morgan fingerprint density at radius 2 is 1.68 bits per heavy atom. The SMILES string of the molecule is Cc1ccc(C)c(NC(=O)c2coc(CN3CCN(Cc4ccc5c(c4)OCCO5)CC3)n2)c1. The van der Waals surface area contributed by atoms with Gasteiger partial charge in [0.25, 0.3) is 5.91 Å². The predicted molar refractivity (Wildman–Crippen MR) is 128 cm³/mol. The normalized spacial score (nSPS) is 16.4. The van der Waals surface area contributed by atoms with E-state index in [0.717, 1.165) is 61.0 Å². The monoisotopic (exact) mass is 462 g/mol. The second kappa shape index (κ2) is 9.87. The number of oxazole rings is 1. The molecule has 2 aliphatic rings. The Morgan fingerprint density at radius 1 is 0.941 bits per heavy atom. The van der Waals surface area contributed by atoms with Crippen molar-refractivity contribution >= 4 is 11.6 Å². The highest BCUT2D eigenvalue weighted by molar-refractivity contribution is 6.03. The molecule has 0 atom stereocenters. The maximum Gasteiger partial charge on any atom is 0.277 e. The molecular formula is C26H30N4O4. The van der Waals surface area contributed by atoms with Crippen molar-refractivity contribution in [1.29, 1.82) is 0 Å². The smallest absolute Gasteiger partial charge is 0.277 e. The number of ether oxygens (including phenoxy) is 2. The van der Waals surface area contributed by atoms with Gasteiger partial charge < -0.3 is 19.2 Å². The van der Waals surface area contributed by atoms with Gasteiger partial charge in [-0.1, -0.05) is 18.2 Å². The molecule has 0 radical (unpaired) electrons. The Kier molecular flexibility index (Phi) is 6.51. The summed E-state index contributed by atoms with van der Waals surface area (Å²) in [6, 6.07) is 12.2. The number of aromatic nitrogens is 1. The summed E-state index contributed by atoms with van der Waals surface area (Å²) in [5.41, 5.74) is 4.42. The van der Waals surface area contributed by atoms with E-state index < -0.39 is 0 Å². The quantitative estimate of drug-likeness (QED) is 0.599. The molecule has 3 aromatic rings. The van der Waals surface area contributed by atoms with Crippen molar-refractivity contribution in [2.45, 2.75) is 26.9 Å². The van der Waals surface area contributed by atoms with E-state index in [-0.39, 0.29) is 5.91 Å². The van der Waals surface area contributed by atoms with Crippen LogP contribution in [0, 0.1) is 13.8 Å². The van der Waals surface area contributed by atoms with Crippen LogP contribution in [0.2, 0.25) is 0 Å². The predicted octanol–water partition coefficient (Wildman–Crippen LogP) is 3.63. The van der Waals surface area contributed by atoms with E-state index in [1.165, 1.54) is 11.8 Å². The molecule has 0 saturated carbocycles. The summed E-state index contributed by atoms with van der Waals surface area (Å²) in [4.78, 5) is 21.8. The molecular weight excluding hydrogens is 432 g/mol. The highest BCUT2D eigenvalue weighted by Crippen LogP contribution is 2.31. The van der Waals surface area contributed by atoms with E-state index in [1.807, 2.05) is 38.1 Å². The standard InChI is InChI=1S/C26H30N4O4/c1-18-3-4-19(2)21(13-18)28-26(31)22-17-34-25(27-22)16-30-9-7-29(8-10-30)15-20-5-6-23-24(14-20)33-12-11-32-23/h3-6,13-14,17H,7-12,15-16H2,1-2H3,(H,28,31). The minimum atomic E-state index is -0.257. The molecule has 0 spiro atoms. The maximum absolute atomic E-state index is 12.6. The van der Waals surface area contributed by atoms with E-state index in [1.54, 1.807) is 0 Å². The van der Waals surface area contributed by atoms with Crippen LogP contribution in [0.4, 0.5) is 5.69 Å². The molecule has 1 saturated heterocycles. The zero-order valence-electron chi connectivity index (χ0n) is 19.7. The van der Waals surface area contributed by atoms with Crippen molar-refractivity contribution in [1.82, 2.24) is 14.8 Å². The number of carbonyl (C=O) groups is 1. The highest BCUT2D eigenvalue weighted by Gasteiger charge is 2.21. The zero-order chi connectivity index (χ0) is 23.5. The Hall–Kier alpha value is -3.36. The molecule has 1 aromatic heterocycles. The summed E-state index contributed by atoms with van der Waals surface area (Å²) in [5, 5.41) is 2.93. The molecule has 5 rings (SSSR count). The topological polar surface area (TPSA) is 80.1 Å². The van der Waals surface area contributed by atoms with E-state index >= 15 is 0 Å². The summed E-state index contributed by atoms with van der Waals surface area (Å²) in [6.07, 6.45) is 1.44. The number of anilines is 1. The average molecular weight is 463 g/mol. The first-order valence-electron chi connectivity index (χ1n) is 11.7. The van der Waals surface area contributed by atoms with Crippen LogP contribution < -0.4 is 14.8 Å². The largest absolute Gasteiger partial charge is 0.486 e. The van der Waals surface area contributed by atoms with Crippen molar-refractivity contribution in [3.8, 4) is 11.5 Å². The summed E-state index contributed by atoms with van der Waals surface area (Å²) in [6.45, 7) is 10.4. The summed E-state index contributed by atoms with van der Waals surface area (Å²) >= 11 is 0. The molecule has 1 N–H and O–H groups in total. The van der Waals surface area contributed by atoms with Gasteiger partial charge in [-0.05, 0) is 48.7 Å². The average Bonchev–Trinajstić information content (AvgIpc) is 3.31. The van der Waals surface area contributed by atoms with Crippen LogP contribution in [-0.2, 0) is 13.1 Å². The number of hydrogen-bond donors (Lipinski definition) is 1. The number of piperazine rings is 1. The first-order chi connectivity index (χ1) is 16.5. The number of fused-ring (bicyclic) bond motifs is 1. The fourth-order valence-electron chi connectivity index (χ4n) is 4.29. The zero-order valence-corrected chi connectivity index (χ0v) is 19.7. The van der Waals surface area contributed by atoms with Gasteiger partial charge in [-0.3, -0.25) is 14.6 Å². The molecule has 8 heteroatoms. The molecule has 1 amide bonds. The van der Waals surface area contributed by atoms with E-state index in [4.69, 9.17) is 13.9 Å². The van der Waals surface area contributed by atoms with Gasteiger partial charge in [0, 0.05) is 38.4 Å². The Bertz CT molecular complexity index is 1170. The number of aryl methyl sites for hydroxylation is 2. The van der Waals surface area contributed by atoms with Crippen molar-refractivity contribution in [3.05, 3.63) is 70.9 Å². The second-order valence-electron chi connectivity index (χ2n) is 8.93. The van der Waals surface area contributed by atoms with Gasteiger partial charge >= 0.3 is 0 Å². The number of nitrogens with one attached hydrogen (secondary N) is 1. The Labute approximate surface area is 199 Å². The second-order valence-corrected chi connectivity index (χ2v) is 8.93. The molecule has 34 heavy (non-hydrogen) atoms. The number of carbonyl (C=O) groups excluding carboxylic acids is 1. The third kappa shape index (κ3) is 5.24. The van der Waals surface area contributed by atoms with Crippen LogP contribution in [-0.4, -0.2) is 60.1 Å². The Balaban J connectivity index is 1.11.